The van der Waals surface area contributed by atoms with E-state index in [0.717, 1.165) is 0 Å². The molecule has 0 aromatic carbocycles. The summed E-state index contributed by atoms with van der Waals surface area (Å²) >= 11 is 1.23. The van der Waals surface area contributed by atoms with Gasteiger partial charge in [-0.25, -0.2) is 0 Å². The zero-order valence-electron chi connectivity index (χ0n) is 9.91. The lowest BCUT2D eigenvalue weighted by Gasteiger charge is -2.01. The van der Waals surface area contributed by atoms with Gasteiger partial charge < -0.3 is 11.1 Å². The van der Waals surface area contributed by atoms with Crippen molar-refractivity contribution in [3.8, 4) is 6.07 Å². The minimum atomic E-state index is -0.130. The van der Waals surface area contributed by atoms with Gasteiger partial charge in [-0.05, 0) is 0 Å². The minimum Gasteiger partial charge on any atom is -0.396 e. The number of hydrogen-bond donors (Lipinski definition) is 2. The monoisotopic (exact) mass is 249 g/mol. The molecule has 0 fully saturated rings. The van der Waals surface area contributed by atoms with Crippen molar-refractivity contribution in [3.63, 3.8) is 0 Å². The van der Waals surface area contributed by atoms with Crippen LogP contribution in [0.25, 0.3) is 0 Å². The van der Waals surface area contributed by atoms with E-state index in [1.54, 1.807) is 6.08 Å². The van der Waals surface area contributed by atoms with Crippen molar-refractivity contribution in [2.75, 3.05) is 17.6 Å². The fourth-order valence-electron chi connectivity index (χ4n) is 1.29. The molecule has 3 N–H and O–H groups in total. The number of thiophene rings is 1. The summed E-state index contributed by atoms with van der Waals surface area (Å²) in [6, 6.07) is 2.02. The number of nitrogens with zero attached hydrogens (tertiary/aromatic N) is 1. The van der Waals surface area contributed by atoms with Gasteiger partial charge in [-0.3, -0.25) is 4.79 Å². The molecule has 17 heavy (non-hydrogen) atoms. The van der Waals surface area contributed by atoms with E-state index in [0.29, 0.717) is 22.0 Å². The highest BCUT2D eigenvalue weighted by atomic mass is 32.1. The summed E-state index contributed by atoms with van der Waals surface area (Å²) in [5, 5.41) is 12.7. The number of carbonyl (C=O) groups is 1. The van der Waals surface area contributed by atoms with Crippen LogP contribution in [0.3, 0.4) is 0 Å². The summed E-state index contributed by atoms with van der Waals surface area (Å²) in [5.41, 5.74) is 6.45. The number of nitrogens with two attached hydrogens (primary N) is 1. The number of ketones is 1. The number of rotatable bonds is 5. The summed E-state index contributed by atoms with van der Waals surface area (Å²) in [6.07, 6.45) is 1.68. The summed E-state index contributed by atoms with van der Waals surface area (Å²) in [6.45, 7) is 7.74. The maximum atomic E-state index is 11.9. The largest absolute Gasteiger partial charge is 0.396 e. The van der Waals surface area contributed by atoms with Crippen molar-refractivity contribution in [2.45, 2.75) is 13.8 Å². The SMILES string of the molecule is C=CCNc1sc(C(=O)C(C)C)c(N)c1C#N. The number of nitrogen functional groups attached to an aromatic ring is 1. The normalized spacial score (nSPS) is 10.0. The molecule has 0 aliphatic heterocycles. The first kappa shape index (κ1) is 13.3. The smallest absolute Gasteiger partial charge is 0.177 e. The molecule has 1 aromatic heterocycles. The fourth-order valence-corrected chi connectivity index (χ4v) is 2.46. The second kappa shape index (κ2) is 5.51. The van der Waals surface area contributed by atoms with Gasteiger partial charge in [0, 0.05) is 12.5 Å². The molecular formula is C12H15N3OS. The average molecular weight is 249 g/mol. The molecule has 1 rings (SSSR count). The first-order chi connectivity index (χ1) is 8.02. The van der Waals surface area contributed by atoms with Gasteiger partial charge in [-0.2, -0.15) is 5.26 Å². The zero-order chi connectivity index (χ0) is 13.0. The number of hydrogen-bond acceptors (Lipinski definition) is 5. The molecule has 0 saturated carbocycles. The van der Waals surface area contributed by atoms with Crippen LogP contribution < -0.4 is 11.1 Å². The quantitative estimate of drug-likeness (QED) is 0.621. The van der Waals surface area contributed by atoms with E-state index in [1.165, 1.54) is 11.3 Å². The van der Waals surface area contributed by atoms with Crippen molar-refractivity contribution in [2.24, 2.45) is 5.92 Å². The van der Waals surface area contributed by atoms with Gasteiger partial charge >= 0.3 is 0 Å². The lowest BCUT2D eigenvalue weighted by Crippen LogP contribution is -2.07. The number of nitrogens with one attached hydrogen (secondary N) is 1. The van der Waals surface area contributed by atoms with Crippen molar-refractivity contribution in [1.82, 2.24) is 0 Å². The molecule has 1 heterocycles. The molecule has 1 aromatic rings. The van der Waals surface area contributed by atoms with Gasteiger partial charge in [0.25, 0.3) is 0 Å². The Bertz CT molecular complexity index is 483. The van der Waals surface area contributed by atoms with E-state index in [9.17, 15) is 4.79 Å². The van der Waals surface area contributed by atoms with E-state index >= 15 is 0 Å². The summed E-state index contributed by atoms with van der Waals surface area (Å²) in [4.78, 5) is 12.4. The van der Waals surface area contributed by atoms with Crippen LogP contribution in [0.2, 0.25) is 0 Å². The molecule has 0 bridgehead atoms. The maximum absolute atomic E-state index is 11.9. The van der Waals surface area contributed by atoms with Crippen LogP contribution in [0.4, 0.5) is 10.7 Å². The molecule has 5 heteroatoms. The number of nitriles is 1. The highest BCUT2D eigenvalue weighted by Gasteiger charge is 2.22. The third kappa shape index (κ3) is 2.66. The second-order valence-electron chi connectivity index (χ2n) is 3.85. The highest BCUT2D eigenvalue weighted by molar-refractivity contribution is 7.19. The van der Waals surface area contributed by atoms with Gasteiger partial charge in [-0.1, -0.05) is 19.9 Å². The molecular weight excluding hydrogens is 234 g/mol. The predicted molar refractivity (Wildman–Crippen MR) is 71.3 cm³/mol. The number of Topliss-reactive ketones (excluding diaryl/α,β-unsaturated/α-hetero) is 1. The van der Waals surface area contributed by atoms with Crippen molar-refractivity contribution >= 4 is 27.8 Å². The number of anilines is 2. The first-order valence-corrected chi connectivity index (χ1v) is 6.05. The first-order valence-electron chi connectivity index (χ1n) is 5.24. The van der Waals surface area contributed by atoms with E-state index in [1.807, 2.05) is 19.9 Å². The van der Waals surface area contributed by atoms with Gasteiger partial charge in [0.1, 0.15) is 16.6 Å². The van der Waals surface area contributed by atoms with Crippen molar-refractivity contribution in [1.29, 1.82) is 5.26 Å². The third-order valence-electron chi connectivity index (χ3n) is 2.21. The Morgan fingerprint density at radius 2 is 2.35 bits per heavy atom. The van der Waals surface area contributed by atoms with Gasteiger partial charge in [-0.15, -0.1) is 17.9 Å². The molecule has 0 saturated heterocycles. The van der Waals surface area contributed by atoms with E-state index in [-0.39, 0.29) is 17.4 Å². The van der Waals surface area contributed by atoms with E-state index in [2.05, 4.69) is 11.9 Å². The third-order valence-corrected chi connectivity index (χ3v) is 3.39. The molecule has 0 aliphatic rings. The highest BCUT2D eigenvalue weighted by Crippen LogP contribution is 2.36. The Balaban J connectivity index is 3.18. The standard InChI is InChI=1S/C12H15N3OS/c1-4-5-15-12-8(6-13)9(14)11(17-12)10(16)7(2)3/h4,7,15H,1,5,14H2,2-3H3. The molecule has 0 radical (unpaired) electrons. The van der Waals surface area contributed by atoms with Crippen LogP contribution in [-0.4, -0.2) is 12.3 Å². The average Bonchev–Trinajstić information content (AvgIpc) is 2.61. The molecule has 0 amide bonds. The van der Waals surface area contributed by atoms with Crippen LogP contribution in [-0.2, 0) is 0 Å². The minimum absolute atomic E-state index is 0.0318. The van der Waals surface area contributed by atoms with Crippen LogP contribution in [0.15, 0.2) is 12.7 Å². The molecule has 90 valence electrons. The Hall–Kier alpha value is -1.80. The summed E-state index contributed by atoms with van der Waals surface area (Å²) in [7, 11) is 0. The number of carbonyl (C=O) groups excluding carboxylic acids is 1. The maximum Gasteiger partial charge on any atom is 0.177 e. The lowest BCUT2D eigenvalue weighted by molar-refractivity contribution is 0.0944. The van der Waals surface area contributed by atoms with E-state index < -0.39 is 0 Å². The lowest BCUT2D eigenvalue weighted by atomic mass is 10.1. The van der Waals surface area contributed by atoms with Crippen molar-refractivity contribution < 1.29 is 4.79 Å². The Kier molecular flexibility index (Phi) is 4.30. The van der Waals surface area contributed by atoms with E-state index in [4.69, 9.17) is 11.0 Å². The van der Waals surface area contributed by atoms with Crippen LogP contribution in [0, 0.1) is 17.2 Å². The fraction of sp³-hybridized carbons (Fsp3) is 0.333. The molecule has 4 nitrogen and oxygen atoms in total. The Morgan fingerprint density at radius 1 is 1.71 bits per heavy atom. The zero-order valence-corrected chi connectivity index (χ0v) is 10.7. The Morgan fingerprint density at radius 3 is 2.82 bits per heavy atom. The predicted octanol–water partition coefficient (Wildman–Crippen LogP) is 2.64. The van der Waals surface area contributed by atoms with Crippen LogP contribution >= 0.6 is 11.3 Å². The van der Waals surface area contributed by atoms with Gasteiger partial charge in [0.15, 0.2) is 5.78 Å². The topological polar surface area (TPSA) is 78.9 Å². The second-order valence-corrected chi connectivity index (χ2v) is 4.87. The van der Waals surface area contributed by atoms with Crippen LogP contribution in [0.5, 0.6) is 0 Å². The summed E-state index contributed by atoms with van der Waals surface area (Å²) < 4.78 is 0. The Labute approximate surface area is 105 Å². The molecule has 0 aliphatic carbocycles. The molecule has 0 spiro atoms. The molecule has 0 unspecified atom stereocenters. The van der Waals surface area contributed by atoms with Gasteiger partial charge in [0.2, 0.25) is 0 Å². The summed E-state index contributed by atoms with van der Waals surface area (Å²) in [5.74, 6) is -0.162. The van der Waals surface area contributed by atoms with Crippen LogP contribution in [0.1, 0.15) is 29.1 Å². The van der Waals surface area contributed by atoms with Gasteiger partial charge in [0.05, 0.1) is 10.6 Å². The molecule has 0 atom stereocenters. The van der Waals surface area contributed by atoms with Crippen molar-refractivity contribution in [3.05, 3.63) is 23.1 Å².